The van der Waals surface area contributed by atoms with E-state index in [9.17, 15) is 4.79 Å². The Kier molecular flexibility index (Phi) is 3.29. The van der Waals surface area contributed by atoms with Gasteiger partial charge in [-0.1, -0.05) is 4.49 Å². The molecule has 0 bridgehead atoms. The predicted octanol–water partition coefficient (Wildman–Crippen LogP) is 0.949. The number of carbonyl (C=O) groups excluding carboxylic acids is 1. The minimum absolute atomic E-state index is 0.289. The molecule has 0 atom stereocenters. The number of nitrogens with zero attached hydrogens (tertiary/aromatic N) is 4. The fourth-order valence-corrected chi connectivity index (χ4v) is 1.80. The van der Waals surface area contributed by atoms with E-state index in [-0.39, 0.29) is 5.91 Å². The van der Waals surface area contributed by atoms with E-state index in [1.807, 2.05) is 29.9 Å². The zero-order valence-corrected chi connectivity index (χ0v) is 10.2. The van der Waals surface area contributed by atoms with Gasteiger partial charge < -0.3 is 4.57 Å². The molecule has 2 aromatic heterocycles. The van der Waals surface area contributed by atoms with Gasteiger partial charge in [-0.3, -0.25) is 4.79 Å². The van der Waals surface area contributed by atoms with E-state index in [4.69, 9.17) is 0 Å². The first kappa shape index (κ1) is 11.5. The molecule has 88 valence electrons. The van der Waals surface area contributed by atoms with Crippen LogP contribution >= 0.6 is 11.5 Å². The number of rotatable bonds is 3. The van der Waals surface area contributed by atoms with Gasteiger partial charge in [-0.25, -0.2) is 5.43 Å². The molecule has 0 saturated heterocycles. The molecule has 0 aliphatic heterocycles. The number of hydrazone groups is 1. The van der Waals surface area contributed by atoms with Crippen LogP contribution in [0.3, 0.4) is 0 Å². The second-order valence-electron chi connectivity index (χ2n) is 3.43. The smallest absolute Gasteiger partial charge is 0.285 e. The zero-order valence-electron chi connectivity index (χ0n) is 9.41. The lowest BCUT2D eigenvalue weighted by Gasteiger charge is -1.97. The van der Waals surface area contributed by atoms with Gasteiger partial charge in [0.05, 0.1) is 17.6 Å². The van der Waals surface area contributed by atoms with E-state index in [2.05, 4.69) is 20.1 Å². The monoisotopic (exact) mass is 249 g/mol. The lowest BCUT2D eigenvalue weighted by atomic mass is 10.4. The molecule has 0 spiro atoms. The molecule has 0 fully saturated rings. The maximum absolute atomic E-state index is 11.6. The van der Waals surface area contributed by atoms with Gasteiger partial charge in [0, 0.05) is 13.2 Å². The molecule has 6 nitrogen and oxygen atoms in total. The maximum Gasteiger partial charge on any atom is 0.285 e. The van der Waals surface area contributed by atoms with E-state index < -0.39 is 0 Å². The van der Waals surface area contributed by atoms with Gasteiger partial charge in [-0.2, -0.15) is 5.10 Å². The minimum atomic E-state index is -0.289. The van der Waals surface area contributed by atoms with E-state index in [1.165, 1.54) is 0 Å². The van der Waals surface area contributed by atoms with Crippen LogP contribution in [0.2, 0.25) is 0 Å². The molecule has 0 aliphatic carbocycles. The standard InChI is InChI=1S/C10H11N5OS/c1-7-9(17-14-12-7)10(16)13-11-6-8-4-3-5-15(8)2/h3-6H,1-2H3,(H,13,16)/b11-6-. The summed E-state index contributed by atoms with van der Waals surface area (Å²) >= 11 is 1.06. The third kappa shape index (κ3) is 2.56. The summed E-state index contributed by atoms with van der Waals surface area (Å²) in [5, 5.41) is 7.64. The lowest BCUT2D eigenvalue weighted by molar-refractivity contribution is 0.0958. The van der Waals surface area contributed by atoms with E-state index in [1.54, 1.807) is 13.1 Å². The first-order valence-corrected chi connectivity index (χ1v) is 5.69. The maximum atomic E-state index is 11.6. The van der Waals surface area contributed by atoms with Crippen molar-refractivity contribution >= 4 is 23.7 Å². The van der Waals surface area contributed by atoms with Crippen LogP contribution in [0.25, 0.3) is 0 Å². The highest BCUT2D eigenvalue weighted by Crippen LogP contribution is 2.08. The lowest BCUT2D eigenvalue weighted by Crippen LogP contribution is -2.17. The van der Waals surface area contributed by atoms with Crippen LogP contribution in [-0.2, 0) is 7.05 Å². The largest absolute Gasteiger partial charge is 0.350 e. The molecule has 0 saturated carbocycles. The summed E-state index contributed by atoms with van der Waals surface area (Å²) in [5.74, 6) is -0.289. The Morgan fingerprint density at radius 2 is 2.47 bits per heavy atom. The van der Waals surface area contributed by atoms with E-state index >= 15 is 0 Å². The summed E-state index contributed by atoms with van der Waals surface area (Å²) in [5.41, 5.74) is 3.96. The minimum Gasteiger partial charge on any atom is -0.350 e. The topological polar surface area (TPSA) is 72.2 Å². The molecular formula is C10H11N5OS. The van der Waals surface area contributed by atoms with Crippen molar-refractivity contribution in [3.05, 3.63) is 34.6 Å². The highest BCUT2D eigenvalue weighted by Gasteiger charge is 2.11. The molecule has 2 heterocycles. The highest BCUT2D eigenvalue weighted by molar-refractivity contribution is 7.07. The molecule has 0 aromatic carbocycles. The molecule has 0 unspecified atom stereocenters. The van der Waals surface area contributed by atoms with Crippen LogP contribution in [-0.4, -0.2) is 26.3 Å². The summed E-state index contributed by atoms with van der Waals surface area (Å²) in [6, 6.07) is 3.80. The number of amides is 1. The molecule has 0 aliphatic rings. The van der Waals surface area contributed by atoms with Crippen molar-refractivity contribution in [3.8, 4) is 0 Å². The number of hydrogen-bond acceptors (Lipinski definition) is 5. The van der Waals surface area contributed by atoms with E-state index in [0.717, 1.165) is 17.2 Å². The van der Waals surface area contributed by atoms with Crippen LogP contribution in [0, 0.1) is 6.92 Å². The van der Waals surface area contributed by atoms with E-state index in [0.29, 0.717) is 10.6 Å². The van der Waals surface area contributed by atoms with Gasteiger partial charge in [0.15, 0.2) is 0 Å². The number of hydrogen-bond donors (Lipinski definition) is 1. The first-order chi connectivity index (χ1) is 8.18. The third-order valence-corrected chi connectivity index (χ3v) is 3.03. The van der Waals surface area contributed by atoms with Gasteiger partial charge in [0.1, 0.15) is 4.88 Å². The summed E-state index contributed by atoms with van der Waals surface area (Å²) in [6.45, 7) is 1.74. The van der Waals surface area contributed by atoms with Crippen LogP contribution < -0.4 is 5.43 Å². The van der Waals surface area contributed by atoms with Crippen LogP contribution in [0.5, 0.6) is 0 Å². The fourth-order valence-electron chi connectivity index (χ4n) is 1.26. The molecule has 17 heavy (non-hydrogen) atoms. The van der Waals surface area contributed by atoms with Gasteiger partial charge in [0.25, 0.3) is 5.91 Å². The van der Waals surface area contributed by atoms with Gasteiger partial charge >= 0.3 is 0 Å². The fraction of sp³-hybridized carbons (Fsp3) is 0.200. The Labute approximate surface area is 102 Å². The highest BCUT2D eigenvalue weighted by atomic mass is 32.1. The van der Waals surface area contributed by atoms with Crippen molar-refractivity contribution in [2.24, 2.45) is 12.1 Å². The number of nitrogens with one attached hydrogen (secondary N) is 1. The molecule has 2 rings (SSSR count). The van der Waals surface area contributed by atoms with Crippen LogP contribution in [0.15, 0.2) is 23.4 Å². The number of aromatic nitrogens is 3. The predicted molar refractivity (Wildman–Crippen MR) is 65.1 cm³/mol. The Balaban J connectivity index is 2.00. The number of carbonyl (C=O) groups is 1. The second-order valence-corrected chi connectivity index (χ2v) is 4.18. The normalized spacial score (nSPS) is 10.9. The van der Waals surface area contributed by atoms with Gasteiger partial charge in [0.2, 0.25) is 0 Å². The van der Waals surface area contributed by atoms with Crippen molar-refractivity contribution in [1.82, 2.24) is 19.6 Å². The van der Waals surface area contributed by atoms with Crippen LogP contribution in [0.4, 0.5) is 0 Å². The van der Waals surface area contributed by atoms with Crippen molar-refractivity contribution in [1.29, 1.82) is 0 Å². The summed E-state index contributed by atoms with van der Waals surface area (Å²) in [4.78, 5) is 12.1. The second kappa shape index (κ2) is 4.88. The van der Waals surface area contributed by atoms with Gasteiger partial charge in [-0.05, 0) is 30.6 Å². The molecule has 1 amide bonds. The summed E-state index contributed by atoms with van der Waals surface area (Å²) in [7, 11) is 1.90. The molecule has 7 heteroatoms. The van der Waals surface area contributed by atoms with Crippen molar-refractivity contribution in [2.75, 3.05) is 0 Å². The van der Waals surface area contributed by atoms with Gasteiger partial charge in [-0.15, -0.1) is 5.10 Å². The Morgan fingerprint density at radius 3 is 3.06 bits per heavy atom. The molecule has 0 radical (unpaired) electrons. The average Bonchev–Trinajstić information content (AvgIpc) is 2.88. The third-order valence-electron chi connectivity index (χ3n) is 2.20. The Hall–Kier alpha value is -2.02. The van der Waals surface area contributed by atoms with Crippen molar-refractivity contribution in [2.45, 2.75) is 6.92 Å². The van der Waals surface area contributed by atoms with Crippen molar-refractivity contribution < 1.29 is 4.79 Å². The van der Waals surface area contributed by atoms with Crippen molar-refractivity contribution in [3.63, 3.8) is 0 Å². The summed E-state index contributed by atoms with van der Waals surface area (Å²) < 4.78 is 5.59. The molecular weight excluding hydrogens is 238 g/mol. The summed E-state index contributed by atoms with van der Waals surface area (Å²) in [6.07, 6.45) is 3.49. The average molecular weight is 249 g/mol. The quantitative estimate of drug-likeness (QED) is 0.650. The Morgan fingerprint density at radius 1 is 1.65 bits per heavy atom. The first-order valence-electron chi connectivity index (χ1n) is 4.92. The molecule has 1 N–H and O–H groups in total. The molecule has 2 aromatic rings. The number of aryl methyl sites for hydroxylation is 2. The zero-order chi connectivity index (χ0) is 12.3. The Bertz CT molecular complexity index is 557. The SMILES string of the molecule is Cc1nnsc1C(=O)N/N=C\c1cccn1C. The van der Waals surface area contributed by atoms with Crippen LogP contribution in [0.1, 0.15) is 21.1 Å².